The van der Waals surface area contributed by atoms with Crippen molar-refractivity contribution in [3.8, 4) is 0 Å². The van der Waals surface area contributed by atoms with E-state index in [1.807, 2.05) is 0 Å². The maximum Gasteiger partial charge on any atom is 0.282 e. The Morgan fingerprint density at radius 2 is 2.32 bits per heavy atom. The van der Waals surface area contributed by atoms with Gasteiger partial charge in [-0.2, -0.15) is 5.10 Å². The van der Waals surface area contributed by atoms with E-state index in [1.54, 1.807) is 0 Å². The van der Waals surface area contributed by atoms with Crippen LogP contribution in [0.4, 0.5) is 8.78 Å². The van der Waals surface area contributed by atoms with Crippen molar-refractivity contribution in [1.29, 1.82) is 0 Å². The average Bonchev–Trinajstić information content (AvgIpc) is 2.72. The summed E-state index contributed by atoms with van der Waals surface area (Å²) in [6, 6.07) is 0. The van der Waals surface area contributed by atoms with Crippen LogP contribution in [0.3, 0.4) is 0 Å². The van der Waals surface area contributed by atoms with Gasteiger partial charge in [0, 0.05) is 20.4 Å². The fourth-order valence-corrected chi connectivity index (χ4v) is 1.57. The van der Waals surface area contributed by atoms with Gasteiger partial charge in [-0.05, 0) is 6.92 Å². The number of aryl methyl sites for hydroxylation is 1. The van der Waals surface area contributed by atoms with E-state index >= 15 is 0 Å². The Morgan fingerprint density at radius 3 is 2.79 bits per heavy atom. The first-order valence-corrected chi connectivity index (χ1v) is 5.42. The third-order valence-electron chi connectivity index (χ3n) is 2.41. The van der Waals surface area contributed by atoms with Crippen molar-refractivity contribution < 1.29 is 23.1 Å². The Balaban J connectivity index is 2.98. The number of nitrogens with one attached hydrogen (secondary N) is 1. The molecule has 6 nitrogen and oxygen atoms in total. The zero-order valence-corrected chi connectivity index (χ0v) is 10.8. The van der Waals surface area contributed by atoms with Crippen LogP contribution in [0.1, 0.15) is 29.4 Å². The lowest BCUT2D eigenvalue weighted by Crippen LogP contribution is -2.50. The third-order valence-corrected chi connectivity index (χ3v) is 2.41. The molecule has 1 atom stereocenters. The van der Waals surface area contributed by atoms with E-state index < -0.39 is 23.6 Å². The minimum Gasteiger partial charge on any atom is -0.382 e. The van der Waals surface area contributed by atoms with Gasteiger partial charge in [0.2, 0.25) is 0 Å². The molecule has 0 radical (unpaired) electrons. The Bertz CT molecular complexity index is 476. The van der Waals surface area contributed by atoms with Crippen LogP contribution in [0, 0.1) is 0 Å². The van der Waals surface area contributed by atoms with Crippen molar-refractivity contribution in [1.82, 2.24) is 15.1 Å². The smallest absolute Gasteiger partial charge is 0.282 e. The van der Waals surface area contributed by atoms with Crippen LogP contribution in [-0.2, 0) is 16.6 Å². The Kier molecular flexibility index (Phi) is 4.71. The van der Waals surface area contributed by atoms with Crippen LogP contribution >= 0.6 is 0 Å². The highest BCUT2D eigenvalue weighted by Crippen LogP contribution is 2.21. The topological polar surface area (TPSA) is 73.2 Å². The number of aromatic nitrogens is 2. The number of alkyl halides is 2. The molecular weight excluding hydrogens is 260 g/mol. The highest BCUT2D eigenvalue weighted by Gasteiger charge is 2.30. The molecule has 0 spiro atoms. The molecule has 1 aromatic heterocycles. The first kappa shape index (κ1) is 15.2. The van der Waals surface area contributed by atoms with Gasteiger partial charge in [0.1, 0.15) is 17.5 Å². The summed E-state index contributed by atoms with van der Waals surface area (Å²) in [5, 5.41) is 5.87. The van der Waals surface area contributed by atoms with Crippen molar-refractivity contribution in [2.45, 2.75) is 18.9 Å². The number of halogens is 2. The number of ether oxygens (including phenoxy) is 1. The van der Waals surface area contributed by atoms with Gasteiger partial charge in [-0.25, -0.2) is 8.78 Å². The minimum atomic E-state index is -2.87. The van der Waals surface area contributed by atoms with Gasteiger partial charge < -0.3 is 14.8 Å². The number of hydrogen-bond acceptors (Lipinski definition) is 4. The first-order chi connectivity index (χ1) is 8.83. The molecule has 1 rings (SSSR count). The summed E-state index contributed by atoms with van der Waals surface area (Å²) < 4.78 is 31.3. The number of amides is 1. The fourth-order valence-electron chi connectivity index (χ4n) is 1.57. The number of aldehydes is 1. The largest absolute Gasteiger partial charge is 0.382 e. The molecule has 19 heavy (non-hydrogen) atoms. The number of nitrogens with zero attached hydrogens (tertiary/aromatic N) is 2. The lowest BCUT2D eigenvalue weighted by Gasteiger charge is -2.23. The lowest BCUT2D eigenvalue weighted by atomic mass is 10.1. The van der Waals surface area contributed by atoms with Crippen LogP contribution in [0.15, 0.2) is 6.20 Å². The molecule has 0 bridgehead atoms. The highest BCUT2D eigenvalue weighted by molar-refractivity contribution is 5.97. The van der Waals surface area contributed by atoms with Crippen LogP contribution in [0.2, 0.25) is 0 Å². The average molecular weight is 275 g/mol. The lowest BCUT2D eigenvalue weighted by molar-refractivity contribution is -0.114. The van der Waals surface area contributed by atoms with Gasteiger partial charge in [-0.3, -0.25) is 9.48 Å². The van der Waals surface area contributed by atoms with E-state index in [1.165, 1.54) is 27.3 Å². The maximum absolute atomic E-state index is 12.7. The molecule has 1 N–H and O–H groups in total. The van der Waals surface area contributed by atoms with E-state index in [4.69, 9.17) is 4.74 Å². The number of carbonyl (C=O) groups excluding carboxylic acids is 2. The predicted octanol–water partition coefficient (Wildman–Crippen LogP) is 0.692. The second-order valence-corrected chi connectivity index (χ2v) is 4.32. The molecular formula is C11H15F2N3O3. The Hall–Kier alpha value is -1.83. The molecule has 106 valence electrons. The summed E-state index contributed by atoms with van der Waals surface area (Å²) in [7, 11) is 2.79. The zero-order chi connectivity index (χ0) is 14.6. The summed E-state index contributed by atoms with van der Waals surface area (Å²) in [4.78, 5) is 22.9. The van der Waals surface area contributed by atoms with Gasteiger partial charge in [0.05, 0.1) is 12.2 Å². The minimum absolute atomic E-state index is 0.0630. The molecule has 1 heterocycles. The van der Waals surface area contributed by atoms with E-state index in [2.05, 4.69) is 10.4 Å². The summed E-state index contributed by atoms with van der Waals surface area (Å²) in [5.74, 6) is -0.796. The standard InChI is InChI=1S/C11H15F2N3O3/c1-11(5-17,6-19-3)14-10(18)7-4-16(2)15-8(7)9(12)13/h4-5,9H,6H2,1-3H3,(H,14,18)/t11-/m0/s1. The normalized spacial score (nSPS) is 14.2. The van der Waals surface area contributed by atoms with E-state index in [9.17, 15) is 18.4 Å². The number of carbonyl (C=O) groups is 2. The second-order valence-electron chi connectivity index (χ2n) is 4.32. The van der Waals surface area contributed by atoms with Gasteiger partial charge >= 0.3 is 0 Å². The molecule has 0 saturated heterocycles. The summed E-state index contributed by atoms with van der Waals surface area (Å²) >= 11 is 0. The van der Waals surface area contributed by atoms with E-state index in [0.29, 0.717) is 6.29 Å². The summed E-state index contributed by atoms with van der Waals surface area (Å²) in [6.07, 6.45) is -1.20. The zero-order valence-electron chi connectivity index (χ0n) is 10.8. The fraction of sp³-hybridized carbons (Fsp3) is 0.545. The number of methoxy groups -OCH3 is 1. The van der Waals surface area contributed by atoms with Gasteiger partial charge in [-0.15, -0.1) is 0 Å². The van der Waals surface area contributed by atoms with Crippen LogP contribution in [-0.4, -0.2) is 41.2 Å². The van der Waals surface area contributed by atoms with Crippen molar-refractivity contribution in [2.24, 2.45) is 7.05 Å². The van der Waals surface area contributed by atoms with Crippen LogP contribution in [0.25, 0.3) is 0 Å². The third kappa shape index (κ3) is 3.57. The molecule has 0 aromatic carbocycles. The van der Waals surface area contributed by atoms with E-state index in [-0.39, 0.29) is 12.2 Å². The molecule has 8 heteroatoms. The van der Waals surface area contributed by atoms with E-state index in [0.717, 1.165) is 4.68 Å². The van der Waals surface area contributed by atoms with Crippen molar-refractivity contribution in [2.75, 3.05) is 13.7 Å². The molecule has 0 aliphatic rings. The van der Waals surface area contributed by atoms with Crippen LogP contribution < -0.4 is 5.32 Å². The molecule has 0 fully saturated rings. The molecule has 0 saturated carbocycles. The predicted molar refractivity (Wildman–Crippen MR) is 62.0 cm³/mol. The van der Waals surface area contributed by atoms with Gasteiger partial charge in [0.25, 0.3) is 12.3 Å². The summed E-state index contributed by atoms with van der Waals surface area (Å²) in [6.45, 7) is 1.37. The Labute approximate surface area is 108 Å². The molecule has 1 amide bonds. The number of rotatable bonds is 6. The Morgan fingerprint density at radius 1 is 1.68 bits per heavy atom. The van der Waals surface area contributed by atoms with Crippen molar-refractivity contribution >= 4 is 12.2 Å². The molecule has 0 aliphatic carbocycles. The SMILES string of the molecule is COC[C@](C)(C=O)NC(=O)c1cn(C)nc1C(F)F. The number of hydrogen-bond donors (Lipinski definition) is 1. The maximum atomic E-state index is 12.7. The molecule has 0 aliphatic heterocycles. The van der Waals surface area contributed by atoms with Crippen LogP contribution in [0.5, 0.6) is 0 Å². The molecule has 1 aromatic rings. The highest BCUT2D eigenvalue weighted by atomic mass is 19.3. The molecule has 0 unspecified atom stereocenters. The van der Waals surface area contributed by atoms with Crippen molar-refractivity contribution in [3.05, 3.63) is 17.5 Å². The summed E-state index contributed by atoms with van der Waals surface area (Å²) in [5.41, 5.74) is -2.16. The van der Waals surface area contributed by atoms with Gasteiger partial charge in [0.15, 0.2) is 0 Å². The van der Waals surface area contributed by atoms with Crippen molar-refractivity contribution in [3.63, 3.8) is 0 Å². The quantitative estimate of drug-likeness (QED) is 0.775. The first-order valence-electron chi connectivity index (χ1n) is 5.42. The monoisotopic (exact) mass is 275 g/mol. The second kappa shape index (κ2) is 5.87. The van der Waals surface area contributed by atoms with Gasteiger partial charge in [-0.1, -0.05) is 0 Å².